The van der Waals surface area contributed by atoms with Gasteiger partial charge in [-0.3, -0.25) is 4.79 Å². The second kappa shape index (κ2) is 6.44. The first kappa shape index (κ1) is 14.6. The maximum atomic E-state index is 12.6. The van der Waals surface area contributed by atoms with Gasteiger partial charge in [0.25, 0.3) is 6.43 Å². The van der Waals surface area contributed by atoms with Crippen LogP contribution >= 0.6 is 34.2 Å². The molecule has 1 heterocycles. The van der Waals surface area contributed by atoms with Crippen molar-refractivity contribution in [1.29, 1.82) is 0 Å². The van der Waals surface area contributed by atoms with E-state index in [1.165, 1.54) is 13.2 Å². The smallest absolute Gasteiger partial charge is 0.310 e. The topological polar surface area (TPSA) is 39.2 Å². The maximum Gasteiger partial charge on any atom is 0.310 e. The summed E-state index contributed by atoms with van der Waals surface area (Å²) in [6, 6.07) is 1.47. The van der Waals surface area contributed by atoms with Gasteiger partial charge >= 0.3 is 5.97 Å². The van der Waals surface area contributed by atoms with E-state index in [4.69, 9.17) is 11.6 Å². The van der Waals surface area contributed by atoms with E-state index < -0.39 is 12.4 Å². The number of esters is 1. The van der Waals surface area contributed by atoms with Gasteiger partial charge in [-0.25, -0.2) is 13.8 Å². The van der Waals surface area contributed by atoms with Gasteiger partial charge < -0.3 is 4.74 Å². The second-order valence-corrected chi connectivity index (χ2v) is 4.46. The van der Waals surface area contributed by atoms with E-state index in [2.05, 4.69) is 9.72 Å². The van der Waals surface area contributed by atoms with Crippen molar-refractivity contribution in [2.45, 2.75) is 18.7 Å². The van der Waals surface area contributed by atoms with Gasteiger partial charge in [0.05, 0.1) is 13.5 Å². The average Bonchev–Trinajstić information content (AvgIpc) is 2.30. The minimum absolute atomic E-state index is 0.00478. The summed E-state index contributed by atoms with van der Waals surface area (Å²) in [6.07, 6.45) is -2.68. The van der Waals surface area contributed by atoms with Crippen LogP contribution in [0.25, 0.3) is 0 Å². The van der Waals surface area contributed by atoms with Gasteiger partial charge in [0.15, 0.2) is 0 Å². The fraction of sp³-hybridized carbons (Fsp3) is 0.400. The molecule has 94 valence electrons. The van der Waals surface area contributed by atoms with E-state index in [0.29, 0.717) is 9.26 Å². The Balaban J connectivity index is 3.13. The van der Waals surface area contributed by atoms with Crippen LogP contribution in [0.5, 0.6) is 0 Å². The summed E-state index contributed by atoms with van der Waals surface area (Å²) < 4.78 is 30.1. The van der Waals surface area contributed by atoms with E-state index in [0.717, 1.165) is 0 Å². The molecule has 0 atom stereocenters. The SMILES string of the molecule is COC(=O)Cc1cc(CCl)c(C(F)F)nc1I. The van der Waals surface area contributed by atoms with Crippen molar-refractivity contribution in [3.63, 3.8) is 0 Å². The number of rotatable bonds is 4. The molecule has 7 heteroatoms. The zero-order valence-corrected chi connectivity index (χ0v) is 11.8. The summed E-state index contributed by atoms with van der Waals surface area (Å²) >= 11 is 7.39. The zero-order valence-electron chi connectivity index (χ0n) is 8.84. The second-order valence-electron chi connectivity index (χ2n) is 3.17. The standard InChI is InChI=1S/C10H9ClF2INO2/c1-17-7(16)3-5-2-6(4-11)8(9(12)13)15-10(5)14/h2,9H,3-4H2,1H3. The van der Waals surface area contributed by atoms with Crippen molar-refractivity contribution < 1.29 is 18.3 Å². The summed E-state index contributed by atoms with van der Waals surface area (Å²) in [5, 5.41) is 0. The first-order valence-corrected chi connectivity index (χ1v) is 6.20. The predicted molar refractivity (Wildman–Crippen MR) is 67.2 cm³/mol. The third-order valence-electron chi connectivity index (χ3n) is 2.07. The van der Waals surface area contributed by atoms with E-state index in [9.17, 15) is 13.6 Å². The number of ether oxygens (including phenoxy) is 1. The van der Waals surface area contributed by atoms with Crippen molar-refractivity contribution in [2.24, 2.45) is 0 Å². The van der Waals surface area contributed by atoms with Crippen molar-refractivity contribution in [1.82, 2.24) is 4.98 Å². The predicted octanol–water partition coefficient (Wildman–Crippen LogP) is 3.08. The molecule has 1 aromatic rings. The van der Waals surface area contributed by atoms with Crippen LogP contribution in [0.15, 0.2) is 6.07 Å². The van der Waals surface area contributed by atoms with Crippen molar-refractivity contribution in [3.05, 3.63) is 26.6 Å². The van der Waals surface area contributed by atoms with E-state index in [1.54, 1.807) is 22.6 Å². The molecule has 0 amide bonds. The number of alkyl halides is 3. The van der Waals surface area contributed by atoms with Crippen LogP contribution < -0.4 is 0 Å². The van der Waals surface area contributed by atoms with Gasteiger partial charge in [0.1, 0.15) is 9.39 Å². The highest BCUT2D eigenvalue weighted by Crippen LogP contribution is 2.25. The quantitative estimate of drug-likeness (QED) is 0.351. The first-order valence-electron chi connectivity index (χ1n) is 4.58. The van der Waals surface area contributed by atoms with E-state index >= 15 is 0 Å². The number of nitrogens with zero attached hydrogens (tertiary/aromatic N) is 1. The van der Waals surface area contributed by atoms with Crippen LogP contribution in [-0.2, 0) is 21.8 Å². The largest absolute Gasteiger partial charge is 0.469 e. The van der Waals surface area contributed by atoms with Crippen LogP contribution in [0.1, 0.15) is 23.2 Å². The minimum atomic E-state index is -2.68. The molecule has 0 saturated carbocycles. The van der Waals surface area contributed by atoms with Gasteiger partial charge in [-0.2, -0.15) is 0 Å². The van der Waals surface area contributed by atoms with Gasteiger partial charge in [-0.1, -0.05) is 0 Å². The van der Waals surface area contributed by atoms with Crippen molar-refractivity contribution >= 4 is 40.2 Å². The molecule has 1 aromatic heterocycles. The van der Waals surface area contributed by atoms with Crippen molar-refractivity contribution in [3.8, 4) is 0 Å². The third kappa shape index (κ3) is 3.74. The normalized spacial score (nSPS) is 10.7. The summed E-state index contributed by atoms with van der Waals surface area (Å²) in [6.45, 7) is 0. The van der Waals surface area contributed by atoms with Gasteiger partial charge in [-0.05, 0) is 39.8 Å². The molecule has 0 aromatic carbocycles. The highest BCUT2D eigenvalue weighted by atomic mass is 127. The Morgan fingerprint density at radius 1 is 1.59 bits per heavy atom. The third-order valence-corrected chi connectivity index (χ3v) is 3.30. The Kier molecular flexibility index (Phi) is 5.51. The van der Waals surface area contributed by atoms with Crippen LogP contribution in [0.4, 0.5) is 8.78 Å². The molecule has 3 nitrogen and oxygen atoms in total. The number of methoxy groups -OCH3 is 1. The number of carbonyl (C=O) groups excluding carboxylic acids is 1. The Bertz CT molecular complexity index is 429. The molecule has 0 aliphatic carbocycles. The van der Waals surface area contributed by atoms with Gasteiger partial charge in [0.2, 0.25) is 0 Å². The lowest BCUT2D eigenvalue weighted by Crippen LogP contribution is -2.09. The molecular formula is C10H9ClF2INO2. The molecule has 0 radical (unpaired) electrons. The fourth-order valence-corrected chi connectivity index (χ4v) is 2.06. The van der Waals surface area contributed by atoms with Crippen LogP contribution in [0, 0.1) is 3.70 Å². The lowest BCUT2D eigenvalue weighted by molar-refractivity contribution is -0.139. The summed E-state index contributed by atoms with van der Waals surface area (Å²) in [5.41, 5.74) is 0.441. The highest BCUT2D eigenvalue weighted by Gasteiger charge is 2.18. The van der Waals surface area contributed by atoms with Crippen molar-refractivity contribution in [2.75, 3.05) is 7.11 Å². The molecule has 0 aliphatic heterocycles. The molecule has 0 unspecified atom stereocenters. The number of hydrogen-bond acceptors (Lipinski definition) is 3. The lowest BCUT2D eigenvalue weighted by atomic mass is 10.1. The molecule has 0 saturated heterocycles. The van der Waals surface area contributed by atoms with E-state index in [-0.39, 0.29) is 23.6 Å². The fourth-order valence-electron chi connectivity index (χ4n) is 1.24. The van der Waals surface area contributed by atoms with E-state index in [1.807, 2.05) is 0 Å². The Morgan fingerprint density at radius 3 is 2.71 bits per heavy atom. The molecule has 0 aliphatic rings. The van der Waals surface area contributed by atoms with Crippen LogP contribution in [0.2, 0.25) is 0 Å². The van der Waals surface area contributed by atoms with Crippen LogP contribution in [-0.4, -0.2) is 18.1 Å². The number of hydrogen-bond donors (Lipinski definition) is 0. The Labute approximate surface area is 116 Å². The zero-order chi connectivity index (χ0) is 13.0. The maximum absolute atomic E-state index is 12.6. The average molecular weight is 376 g/mol. The van der Waals surface area contributed by atoms with Gasteiger partial charge in [0, 0.05) is 5.88 Å². The molecule has 1 rings (SSSR count). The summed E-state index contributed by atoms with van der Waals surface area (Å²) in [7, 11) is 1.26. The molecule has 17 heavy (non-hydrogen) atoms. The minimum Gasteiger partial charge on any atom is -0.469 e. The number of pyridine rings is 1. The molecular weight excluding hydrogens is 366 g/mol. The summed E-state index contributed by atoms with van der Waals surface area (Å²) in [5.74, 6) is -0.521. The van der Waals surface area contributed by atoms with Crippen LogP contribution in [0.3, 0.4) is 0 Å². The first-order chi connectivity index (χ1) is 7.99. The Morgan fingerprint density at radius 2 is 2.24 bits per heavy atom. The lowest BCUT2D eigenvalue weighted by Gasteiger charge is -2.10. The highest BCUT2D eigenvalue weighted by molar-refractivity contribution is 14.1. The monoisotopic (exact) mass is 375 g/mol. The molecule has 0 bridgehead atoms. The number of halogens is 4. The summed E-state index contributed by atoms with van der Waals surface area (Å²) in [4.78, 5) is 14.9. The number of carbonyl (C=O) groups is 1. The van der Waals surface area contributed by atoms with Gasteiger partial charge in [-0.15, -0.1) is 11.6 Å². The molecule has 0 fully saturated rings. The molecule has 0 N–H and O–H groups in total. The Hall–Kier alpha value is -0.500. The number of aromatic nitrogens is 1. The molecule has 0 spiro atoms.